The molecule has 0 saturated carbocycles. The Morgan fingerprint density at radius 3 is 2.69 bits per heavy atom. The van der Waals surface area contributed by atoms with E-state index in [0.29, 0.717) is 38.0 Å². The zero-order chi connectivity index (χ0) is 24.5. The SMILES string of the molecule is CC1=C(c2ccccc2)C(CC(O)C2CCN(C(=O)Nc3ccc(F)c(Cl)c3)CC2)n2cncc21. The molecule has 5 rings (SSSR count). The molecule has 0 aliphatic carbocycles. The molecular weight excluding hydrogens is 467 g/mol. The summed E-state index contributed by atoms with van der Waals surface area (Å²) in [4.78, 5) is 18.7. The summed E-state index contributed by atoms with van der Waals surface area (Å²) in [5.41, 5.74) is 5.14. The number of fused-ring (bicyclic) bond motifs is 1. The van der Waals surface area contributed by atoms with Crippen LogP contribution in [0, 0.1) is 11.7 Å². The lowest BCUT2D eigenvalue weighted by Crippen LogP contribution is -2.43. The van der Waals surface area contributed by atoms with Gasteiger partial charge in [-0.25, -0.2) is 14.2 Å². The van der Waals surface area contributed by atoms with E-state index in [-0.39, 0.29) is 23.0 Å². The highest BCUT2D eigenvalue weighted by molar-refractivity contribution is 6.31. The number of halogens is 2. The number of rotatable bonds is 5. The Morgan fingerprint density at radius 2 is 1.97 bits per heavy atom. The van der Waals surface area contributed by atoms with E-state index < -0.39 is 11.9 Å². The van der Waals surface area contributed by atoms with Crippen LogP contribution in [0.1, 0.15) is 43.5 Å². The Balaban J connectivity index is 1.22. The number of anilines is 1. The average Bonchev–Trinajstić information content (AvgIpc) is 3.45. The predicted octanol–water partition coefficient (Wildman–Crippen LogP) is 5.86. The van der Waals surface area contributed by atoms with Crippen LogP contribution in [0.3, 0.4) is 0 Å². The second-order valence-corrected chi connectivity index (χ2v) is 9.70. The first-order valence-corrected chi connectivity index (χ1v) is 12.3. The fourth-order valence-electron chi connectivity index (χ4n) is 5.31. The minimum atomic E-state index is -0.523. The van der Waals surface area contributed by atoms with Crippen LogP contribution in [-0.4, -0.2) is 44.8 Å². The van der Waals surface area contributed by atoms with E-state index in [1.807, 2.05) is 30.7 Å². The maximum absolute atomic E-state index is 13.4. The molecule has 3 aromatic rings. The topological polar surface area (TPSA) is 70.4 Å². The number of hydrogen-bond donors (Lipinski definition) is 2. The molecule has 1 saturated heterocycles. The number of nitrogens with zero attached hydrogens (tertiary/aromatic N) is 3. The van der Waals surface area contributed by atoms with Crippen molar-refractivity contribution in [2.45, 2.75) is 38.3 Å². The molecule has 1 aromatic heterocycles. The molecule has 2 aliphatic rings. The summed E-state index contributed by atoms with van der Waals surface area (Å²) in [5.74, 6) is -0.422. The molecule has 2 atom stereocenters. The summed E-state index contributed by atoms with van der Waals surface area (Å²) in [7, 11) is 0. The molecule has 2 aliphatic heterocycles. The van der Waals surface area contributed by atoms with E-state index in [9.17, 15) is 14.3 Å². The molecule has 2 unspecified atom stereocenters. The summed E-state index contributed by atoms with van der Waals surface area (Å²) < 4.78 is 15.5. The normalized spacial score (nSPS) is 19.1. The van der Waals surface area contributed by atoms with Crippen molar-refractivity contribution >= 4 is 34.5 Å². The van der Waals surface area contributed by atoms with Crippen molar-refractivity contribution in [1.29, 1.82) is 0 Å². The summed E-state index contributed by atoms with van der Waals surface area (Å²) in [6, 6.07) is 14.2. The van der Waals surface area contributed by atoms with Crippen LogP contribution in [-0.2, 0) is 0 Å². The van der Waals surface area contributed by atoms with Gasteiger partial charge in [-0.3, -0.25) is 0 Å². The number of benzene rings is 2. The molecule has 2 aromatic carbocycles. The second kappa shape index (κ2) is 9.84. The standard InChI is InChI=1S/C27H28ClFN4O2/c1-17-24-15-30-16-33(24)23(26(17)19-5-3-2-4-6-19)14-25(34)18-9-11-32(12-10-18)27(35)31-20-7-8-22(29)21(28)13-20/h2-8,13,15-16,18,23,25,34H,9-12,14H2,1H3,(H,31,35). The first-order chi connectivity index (χ1) is 16.9. The van der Waals surface area contributed by atoms with Gasteiger partial charge in [0.05, 0.1) is 35.4 Å². The maximum Gasteiger partial charge on any atom is 0.321 e. The first kappa shape index (κ1) is 23.6. The molecule has 1 fully saturated rings. The first-order valence-electron chi connectivity index (χ1n) is 11.9. The van der Waals surface area contributed by atoms with Crippen molar-refractivity contribution in [3.63, 3.8) is 0 Å². The number of likely N-dealkylation sites (tertiary alicyclic amines) is 1. The van der Waals surface area contributed by atoms with Gasteiger partial charge in [-0.1, -0.05) is 41.9 Å². The number of aliphatic hydroxyl groups is 1. The van der Waals surface area contributed by atoms with Crippen LogP contribution in [0.25, 0.3) is 11.1 Å². The number of carbonyl (C=O) groups is 1. The van der Waals surface area contributed by atoms with Gasteiger partial charge in [-0.05, 0) is 67.0 Å². The highest BCUT2D eigenvalue weighted by Gasteiger charge is 2.35. The van der Waals surface area contributed by atoms with Crippen LogP contribution in [0.5, 0.6) is 0 Å². The Hall–Kier alpha value is -3.16. The number of urea groups is 1. The predicted molar refractivity (Wildman–Crippen MR) is 136 cm³/mol. The van der Waals surface area contributed by atoms with Crippen molar-refractivity contribution in [2.24, 2.45) is 5.92 Å². The van der Waals surface area contributed by atoms with Crippen LogP contribution in [0.4, 0.5) is 14.9 Å². The largest absolute Gasteiger partial charge is 0.393 e. The third-order valence-corrected chi connectivity index (χ3v) is 7.50. The minimum Gasteiger partial charge on any atom is -0.393 e. The number of nitrogens with one attached hydrogen (secondary N) is 1. The number of piperidine rings is 1. The van der Waals surface area contributed by atoms with Gasteiger partial charge in [-0.15, -0.1) is 0 Å². The fourth-order valence-corrected chi connectivity index (χ4v) is 5.49. The zero-order valence-corrected chi connectivity index (χ0v) is 20.3. The molecule has 0 spiro atoms. The van der Waals surface area contributed by atoms with E-state index in [1.165, 1.54) is 34.9 Å². The fraction of sp³-hybridized carbons (Fsp3) is 0.333. The van der Waals surface area contributed by atoms with Gasteiger partial charge < -0.3 is 19.9 Å². The molecule has 6 nitrogen and oxygen atoms in total. The molecular formula is C27H28ClFN4O2. The zero-order valence-electron chi connectivity index (χ0n) is 19.5. The lowest BCUT2D eigenvalue weighted by atomic mass is 9.85. The van der Waals surface area contributed by atoms with Crippen LogP contribution < -0.4 is 5.32 Å². The van der Waals surface area contributed by atoms with E-state index >= 15 is 0 Å². The number of imidazole rings is 1. The maximum atomic E-state index is 13.4. The monoisotopic (exact) mass is 494 g/mol. The number of allylic oxidation sites excluding steroid dienone is 2. The van der Waals surface area contributed by atoms with Gasteiger partial charge in [0.25, 0.3) is 0 Å². The third kappa shape index (κ3) is 4.70. The number of hydrogen-bond acceptors (Lipinski definition) is 3. The Kier molecular flexibility index (Phi) is 6.62. The van der Waals surface area contributed by atoms with Gasteiger partial charge in [0.2, 0.25) is 0 Å². The average molecular weight is 495 g/mol. The number of aliphatic hydroxyl groups excluding tert-OH is 1. The molecule has 8 heteroatoms. The number of amides is 2. The van der Waals surface area contributed by atoms with Gasteiger partial charge in [0.15, 0.2) is 0 Å². The second-order valence-electron chi connectivity index (χ2n) is 9.29. The quantitative estimate of drug-likeness (QED) is 0.467. The summed E-state index contributed by atoms with van der Waals surface area (Å²) in [5, 5.41) is 14.0. The molecule has 0 bridgehead atoms. The van der Waals surface area contributed by atoms with Crippen molar-refractivity contribution in [1.82, 2.24) is 14.5 Å². The van der Waals surface area contributed by atoms with E-state index in [4.69, 9.17) is 11.6 Å². The van der Waals surface area contributed by atoms with Crippen molar-refractivity contribution in [2.75, 3.05) is 18.4 Å². The van der Waals surface area contributed by atoms with Crippen LogP contribution in [0.15, 0.2) is 61.1 Å². The Morgan fingerprint density at radius 1 is 1.23 bits per heavy atom. The summed E-state index contributed by atoms with van der Waals surface area (Å²) in [6.07, 6.45) is 5.25. The summed E-state index contributed by atoms with van der Waals surface area (Å²) >= 11 is 5.81. The van der Waals surface area contributed by atoms with Crippen LogP contribution >= 0.6 is 11.6 Å². The smallest absolute Gasteiger partial charge is 0.321 e. The number of carbonyl (C=O) groups excluding carboxylic acids is 1. The Bertz CT molecular complexity index is 1250. The van der Waals surface area contributed by atoms with E-state index in [2.05, 4.69) is 33.9 Å². The van der Waals surface area contributed by atoms with E-state index in [0.717, 1.165) is 5.69 Å². The highest BCUT2D eigenvalue weighted by atomic mass is 35.5. The number of aromatic nitrogens is 2. The van der Waals surface area contributed by atoms with Gasteiger partial charge in [0, 0.05) is 18.8 Å². The van der Waals surface area contributed by atoms with Crippen molar-refractivity contribution in [3.05, 3.63) is 83.2 Å². The molecule has 2 N–H and O–H groups in total. The lowest BCUT2D eigenvalue weighted by molar-refractivity contribution is 0.0563. The lowest BCUT2D eigenvalue weighted by Gasteiger charge is -2.35. The highest BCUT2D eigenvalue weighted by Crippen LogP contribution is 2.45. The summed E-state index contributed by atoms with van der Waals surface area (Å²) in [6.45, 7) is 3.21. The van der Waals surface area contributed by atoms with Crippen molar-refractivity contribution in [3.8, 4) is 0 Å². The molecule has 0 radical (unpaired) electrons. The van der Waals surface area contributed by atoms with Crippen molar-refractivity contribution < 1.29 is 14.3 Å². The molecule has 3 heterocycles. The van der Waals surface area contributed by atoms with Crippen LogP contribution in [0.2, 0.25) is 5.02 Å². The Labute approximate surface area is 209 Å². The van der Waals surface area contributed by atoms with Gasteiger partial charge in [-0.2, -0.15) is 0 Å². The van der Waals surface area contributed by atoms with Gasteiger partial charge >= 0.3 is 6.03 Å². The van der Waals surface area contributed by atoms with Gasteiger partial charge in [0.1, 0.15) is 5.82 Å². The molecule has 2 amide bonds. The van der Waals surface area contributed by atoms with E-state index in [1.54, 1.807) is 4.90 Å². The minimum absolute atomic E-state index is 0.0226. The molecule has 182 valence electrons. The molecule has 35 heavy (non-hydrogen) atoms. The third-order valence-electron chi connectivity index (χ3n) is 7.21.